The molecule has 0 radical (unpaired) electrons. The predicted octanol–water partition coefficient (Wildman–Crippen LogP) is 15.2. The van der Waals surface area contributed by atoms with E-state index in [1.807, 2.05) is 28.7 Å². The third-order valence-electron chi connectivity index (χ3n) is 11.3. The smallest absolute Gasteiger partial charge is 0.160 e. The second-order valence-corrected chi connectivity index (χ2v) is 16.8. The van der Waals surface area contributed by atoms with Gasteiger partial charge in [-0.2, -0.15) is 0 Å². The van der Waals surface area contributed by atoms with E-state index in [4.69, 9.17) is 15.0 Å². The number of pyridine rings is 1. The summed E-state index contributed by atoms with van der Waals surface area (Å²) in [6.07, 6.45) is 0. The number of rotatable bonds is 5. The molecule has 0 aliphatic carbocycles. The van der Waals surface area contributed by atoms with Crippen molar-refractivity contribution in [1.82, 2.24) is 15.0 Å². The first-order chi connectivity index (χ1) is 28.7. The molecule has 4 aromatic heterocycles. The Labute approximate surface area is 342 Å². The molecule has 0 fully saturated rings. The number of para-hydroxylation sites is 1. The van der Waals surface area contributed by atoms with Gasteiger partial charge in [-0.3, -0.25) is 0 Å². The maximum absolute atomic E-state index is 5.21. The van der Waals surface area contributed by atoms with Crippen LogP contribution in [0.5, 0.6) is 0 Å². The minimum absolute atomic E-state index is 0.722. The molecule has 0 atom stereocenters. The Bertz CT molecular complexity index is 3550. The van der Waals surface area contributed by atoms with E-state index in [2.05, 4.69) is 182 Å². The number of thiophene rings is 2. The van der Waals surface area contributed by atoms with Gasteiger partial charge in [-0.25, -0.2) is 15.0 Å². The van der Waals surface area contributed by atoms with Crippen molar-refractivity contribution in [3.63, 3.8) is 0 Å². The number of nitrogens with zero attached hydrogens (tertiary/aromatic N) is 3. The molecule has 12 aromatic rings. The Hall–Kier alpha value is -7.05. The van der Waals surface area contributed by atoms with Crippen LogP contribution < -0.4 is 0 Å². The van der Waals surface area contributed by atoms with Gasteiger partial charge in [0.1, 0.15) is 0 Å². The molecule has 12 rings (SSSR count). The van der Waals surface area contributed by atoms with Gasteiger partial charge in [-0.15, -0.1) is 22.7 Å². The van der Waals surface area contributed by atoms with Crippen LogP contribution in [0, 0.1) is 0 Å². The molecule has 0 aliphatic heterocycles. The van der Waals surface area contributed by atoms with Crippen molar-refractivity contribution in [2.45, 2.75) is 0 Å². The normalized spacial score (nSPS) is 11.8. The minimum atomic E-state index is 0.722. The summed E-state index contributed by atoms with van der Waals surface area (Å²) in [5.74, 6) is 0.722. The van der Waals surface area contributed by atoms with Crippen molar-refractivity contribution in [3.8, 4) is 56.3 Å². The molecule has 270 valence electrons. The van der Waals surface area contributed by atoms with Crippen molar-refractivity contribution < 1.29 is 0 Å². The SMILES string of the molecule is c1ccc(-c2cc(-c3ccc(-c4cccc5c4sc4c5ccc5c(-c6ccccc6)nc6ccccc6c54)cc3)nc(-c3ccc4c(c3)sc3ccccc34)n2)cc1. The van der Waals surface area contributed by atoms with Crippen LogP contribution in [0.3, 0.4) is 0 Å². The third-order valence-corrected chi connectivity index (χ3v) is 13.7. The van der Waals surface area contributed by atoms with Crippen LogP contribution in [0.4, 0.5) is 0 Å². The number of hydrogen-bond donors (Lipinski definition) is 0. The van der Waals surface area contributed by atoms with Crippen molar-refractivity contribution in [1.29, 1.82) is 0 Å². The summed E-state index contributed by atoms with van der Waals surface area (Å²) in [5, 5.41) is 8.73. The fourth-order valence-electron chi connectivity index (χ4n) is 8.50. The fourth-order valence-corrected chi connectivity index (χ4v) is 11.0. The molecule has 0 saturated heterocycles. The van der Waals surface area contributed by atoms with E-state index in [0.717, 1.165) is 50.7 Å². The molecule has 0 N–H and O–H groups in total. The van der Waals surface area contributed by atoms with Gasteiger partial charge >= 0.3 is 0 Å². The quantitative estimate of drug-likeness (QED) is 0.164. The van der Waals surface area contributed by atoms with Crippen molar-refractivity contribution in [2.75, 3.05) is 0 Å². The second kappa shape index (κ2) is 13.3. The first-order valence-corrected chi connectivity index (χ1v) is 21.1. The third kappa shape index (κ3) is 5.36. The zero-order chi connectivity index (χ0) is 38.2. The van der Waals surface area contributed by atoms with E-state index in [1.165, 1.54) is 67.6 Å². The standard InChI is InChI=1S/C53H31N3S2/c1-3-12-33(13-4-1)45-31-46(56-53(55-45)36-26-27-39-38-16-8-10-21-47(38)57-48(39)30-36)34-24-22-32(23-25-34)37-18-11-19-40-41-28-29-43-49(52(41)58-51(37)40)42-17-7-9-20-44(42)54-50(43)35-14-5-2-6-15-35/h1-31H. The van der Waals surface area contributed by atoms with E-state index in [-0.39, 0.29) is 0 Å². The average Bonchev–Trinajstić information content (AvgIpc) is 3.87. The topological polar surface area (TPSA) is 38.7 Å². The Balaban J connectivity index is 0.987. The summed E-state index contributed by atoms with van der Waals surface area (Å²) in [5.41, 5.74) is 10.5. The minimum Gasteiger partial charge on any atom is -0.247 e. The molecule has 58 heavy (non-hydrogen) atoms. The summed E-state index contributed by atoms with van der Waals surface area (Å²) in [6, 6.07) is 67.0. The Morgan fingerprint density at radius 3 is 1.72 bits per heavy atom. The largest absolute Gasteiger partial charge is 0.247 e. The van der Waals surface area contributed by atoms with Gasteiger partial charge < -0.3 is 0 Å². The maximum atomic E-state index is 5.21. The molecule has 8 aromatic carbocycles. The number of aromatic nitrogens is 3. The van der Waals surface area contributed by atoms with Crippen molar-refractivity contribution in [2.24, 2.45) is 0 Å². The van der Waals surface area contributed by atoms with Crippen LogP contribution >= 0.6 is 22.7 Å². The van der Waals surface area contributed by atoms with Crippen molar-refractivity contribution in [3.05, 3.63) is 188 Å². The van der Waals surface area contributed by atoms with E-state index >= 15 is 0 Å². The van der Waals surface area contributed by atoms with Crippen molar-refractivity contribution >= 4 is 84.7 Å². The van der Waals surface area contributed by atoms with Gasteiger partial charge in [0.15, 0.2) is 5.82 Å². The summed E-state index contributed by atoms with van der Waals surface area (Å²) in [7, 11) is 0. The molecular weight excluding hydrogens is 743 g/mol. The lowest BCUT2D eigenvalue weighted by molar-refractivity contribution is 1.18. The molecule has 0 saturated carbocycles. The fraction of sp³-hybridized carbons (Fsp3) is 0. The molecule has 0 aliphatic rings. The first-order valence-electron chi connectivity index (χ1n) is 19.4. The molecule has 4 heterocycles. The summed E-state index contributed by atoms with van der Waals surface area (Å²) >= 11 is 3.70. The van der Waals surface area contributed by atoms with E-state index < -0.39 is 0 Å². The predicted molar refractivity (Wildman–Crippen MR) is 248 cm³/mol. The molecule has 0 spiro atoms. The molecular formula is C53H31N3S2. The number of hydrogen-bond acceptors (Lipinski definition) is 5. The monoisotopic (exact) mass is 773 g/mol. The molecule has 0 unspecified atom stereocenters. The van der Waals surface area contributed by atoms with Crippen LogP contribution in [0.15, 0.2) is 188 Å². The van der Waals surface area contributed by atoms with Crippen LogP contribution in [-0.2, 0) is 0 Å². The van der Waals surface area contributed by atoms with Crippen LogP contribution in [0.25, 0.3) is 118 Å². The zero-order valence-electron chi connectivity index (χ0n) is 31.1. The highest BCUT2D eigenvalue weighted by Gasteiger charge is 2.18. The summed E-state index contributed by atoms with van der Waals surface area (Å²) < 4.78 is 5.11. The number of benzene rings is 8. The lowest BCUT2D eigenvalue weighted by Crippen LogP contribution is -1.96. The number of fused-ring (bicyclic) bond motifs is 10. The highest BCUT2D eigenvalue weighted by Crippen LogP contribution is 2.46. The Morgan fingerprint density at radius 2 is 0.914 bits per heavy atom. The van der Waals surface area contributed by atoms with E-state index in [1.54, 1.807) is 0 Å². The van der Waals surface area contributed by atoms with Gasteiger partial charge in [0.05, 0.1) is 22.6 Å². The Morgan fingerprint density at radius 1 is 0.328 bits per heavy atom. The van der Waals surface area contributed by atoms with Crippen LogP contribution in [-0.4, -0.2) is 15.0 Å². The van der Waals surface area contributed by atoms with Crippen LogP contribution in [0.2, 0.25) is 0 Å². The lowest BCUT2D eigenvalue weighted by atomic mass is 9.97. The molecule has 3 nitrogen and oxygen atoms in total. The summed E-state index contributed by atoms with van der Waals surface area (Å²) in [6.45, 7) is 0. The first kappa shape index (κ1) is 33.1. The highest BCUT2D eigenvalue weighted by atomic mass is 32.1. The lowest BCUT2D eigenvalue weighted by Gasteiger charge is -2.11. The maximum Gasteiger partial charge on any atom is 0.160 e. The molecule has 0 bridgehead atoms. The van der Waals surface area contributed by atoms with Gasteiger partial charge in [0, 0.05) is 78.8 Å². The van der Waals surface area contributed by atoms with Gasteiger partial charge in [0.25, 0.3) is 0 Å². The van der Waals surface area contributed by atoms with Crippen LogP contribution in [0.1, 0.15) is 0 Å². The van der Waals surface area contributed by atoms with E-state index in [9.17, 15) is 0 Å². The average molecular weight is 774 g/mol. The Kier molecular flexibility index (Phi) is 7.58. The molecule has 0 amide bonds. The zero-order valence-corrected chi connectivity index (χ0v) is 32.7. The second-order valence-electron chi connectivity index (χ2n) is 14.7. The van der Waals surface area contributed by atoms with Gasteiger partial charge in [0.2, 0.25) is 0 Å². The van der Waals surface area contributed by atoms with E-state index in [0.29, 0.717) is 0 Å². The summed E-state index contributed by atoms with van der Waals surface area (Å²) in [4.78, 5) is 15.5. The molecule has 5 heteroatoms. The highest BCUT2D eigenvalue weighted by molar-refractivity contribution is 7.27. The van der Waals surface area contributed by atoms with Gasteiger partial charge in [-0.05, 0) is 35.4 Å². The van der Waals surface area contributed by atoms with Gasteiger partial charge in [-0.1, -0.05) is 164 Å².